The standard InChI is InChI=1S/C23H24Cl2INO4/c24-16-3-7-19(8-4-16)30-13-18(28)11-15-1-5-17(6-2-15)27-23(29)14-31-20-9-10-21(25)22(26)12-20/h3-4,7-10,12,15,17H,1-2,5-6,11,13-14H2,(H,27,29). The second kappa shape index (κ2) is 11.9. The highest BCUT2D eigenvalue weighted by Gasteiger charge is 2.24. The van der Waals surface area contributed by atoms with Crippen LogP contribution in [-0.2, 0) is 9.59 Å². The quantitative estimate of drug-likeness (QED) is 0.390. The van der Waals surface area contributed by atoms with Crippen LogP contribution in [-0.4, -0.2) is 30.9 Å². The fraction of sp³-hybridized carbons (Fsp3) is 0.391. The van der Waals surface area contributed by atoms with E-state index in [-0.39, 0.29) is 30.9 Å². The number of amides is 1. The van der Waals surface area contributed by atoms with Crippen LogP contribution in [0.2, 0.25) is 10.0 Å². The second-order valence-corrected chi connectivity index (χ2v) is 9.64. The van der Waals surface area contributed by atoms with E-state index in [1.54, 1.807) is 42.5 Å². The van der Waals surface area contributed by atoms with Crippen molar-refractivity contribution in [1.29, 1.82) is 0 Å². The zero-order chi connectivity index (χ0) is 22.2. The van der Waals surface area contributed by atoms with E-state index in [1.165, 1.54) is 0 Å². The monoisotopic (exact) mass is 575 g/mol. The highest BCUT2D eigenvalue weighted by Crippen LogP contribution is 2.27. The minimum atomic E-state index is -0.138. The lowest BCUT2D eigenvalue weighted by Gasteiger charge is -2.28. The molecule has 1 saturated carbocycles. The van der Waals surface area contributed by atoms with Gasteiger partial charge in [0, 0.05) is 21.1 Å². The van der Waals surface area contributed by atoms with Crippen molar-refractivity contribution in [3.05, 3.63) is 56.1 Å². The fourth-order valence-corrected chi connectivity index (χ4v) is 4.30. The van der Waals surface area contributed by atoms with Gasteiger partial charge in [0.05, 0.1) is 5.02 Å². The molecule has 5 nitrogen and oxygen atoms in total. The van der Waals surface area contributed by atoms with Crippen LogP contribution in [0.4, 0.5) is 0 Å². The highest BCUT2D eigenvalue weighted by molar-refractivity contribution is 14.1. The number of carbonyl (C=O) groups excluding carboxylic acids is 2. The highest BCUT2D eigenvalue weighted by atomic mass is 127. The topological polar surface area (TPSA) is 64.6 Å². The summed E-state index contributed by atoms with van der Waals surface area (Å²) in [5.74, 6) is 1.54. The first-order chi connectivity index (χ1) is 14.9. The molecule has 1 aliphatic carbocycles. The zero-order valence-corrected chi connectivity index (χ0v) is 20.6. The van der Waals surface area contributed by atoms with Crippen LogP contribution in [0.3, 0.4) is 0 Å². The van der Waals surface area contributed by atoms with E-state index in [4.69, 9.17) is 32.7 Å². The van der Waals surface area contributed by atoms with Crippen LogP contribution >= 0.6 is 45.8 Å². The average molecular weight is 576 g/mol. The largest absolute Gasteiger partial charge is 0.486 e. The molecule has 0 radical (unpaired) electrons. The van der Waals surface area contributed by atoms with E-state index in [2.05, 4.69) is 27.9 Å². The maximum Gasteiger partial charge on any atom is 0.258 e. The number of hydrogen-bond acceptors (Lipinski definition) is 4. The number of halogens is 3. The summed E-state index contributed by atoms with van der Waals surface area (Å²) in [4.78, 5) is 24.4. The number of ketones is 1. The first-order valence-corrected chi connectivity index (χ1v) is 12.0. The number of hydrogen-bond donors (Lipinski definition) is 1. The number of rotatable bonds is 9. The summed E-state index contributed by atoms with van der Waals surface area (Å²) in [6.07, 6.45) is 4.05. The van der Waals surface area contributed by atoms with Crippen LogP contribution < -0.4 is 14.8 Å². The Morgan fingerprint density at radius 2 is 1.58 bits per heavy atom. The van der Waals surface area contributed by atoms with Gasteiger partial charge in [-0.1, -0.05) is 23.2 Å². The number of nitrogens with one attached hydrogen (secondary N) is 1. The summed E-state index contributed by atoms with van der Waals surface area (Å²) < 4.78 is 12.0. The molecule has 0 unspecified atom stereocenters. The van der Waals surface area contributed by atoms with Crippen LogP contribution in [0.1, 0.15) is 32.1 Å². The smallest absolute Gasteiger partial charge is 0.258 e. The minimum Gasteiger partial charge on any atom is -0.486 e. The number of ether oxygens (including phenoxy) is 2. The van der Waals surface area contributed by atoms with Gasteiger partial charge in [0.2, 0.25) is 0 Å². The van der Waals surface area contributed by atoms with E-state index >= 15 is 0 Å². The first kappa shape index (κ1) is 24.1. The van der Waals surface area contributed by atoms with Crippen molar-refractivity contribution in [2.45, 2.75) is 38.1 Å². The SMILES string of the molecule is O=C(COc1ccc(Cl)cc1)CC1CCC(NC(=O)COc2ccc(Cl)c(I)c2)CC1. The van der Waals surface area contributed by atoms with Crippen LogP contribution in [0.15, 0.2) is 42.5 Å². The summed E-state index contributed by atoms with van der Waals surface area (Å²) in [6, 6.07) is 12.4. The fourth-order valence-electron chi connectivity index (χ4n) is 3.57. The summed E-state index contributed by atoms with van der Waals surface area (Å²) in [5, 5.41) is 4.32. The molecule has 0 saturated heterocycles. The predicted octanol–water partition coefficient (Wildman–Crippen LogP) is 5.69. The van der Waals surface area contributed by atoms with Crippen LogP contribution in [0, 0.1) is 9.49 Å². The number of benzene rings is 2. The van der Waals surface area contributed by atoms with Crippen molar-refractivity contribution in [1.82, 2.24) is 5.32 Å². The molecular weight excluding hydrogens is 552 g/mol. The molecule has 1 N–H and O–H groups in total. The van der Waals surface area contributed by atoms with Gasteiger partial charge < -0.3 is 14.8 Å². The Labute approximate surface area is 205 Å². The predicted molar refractivity (Wildman–Crippen MR) is 130 cm³/mol. The van der Waals surface area contributed by atoms with E-state index in [0.717, 1.165) is 29.3 Å². The third kappa shape index (κ3) is 8.16. The molecule has 0 heterocycles. The first-order valence-electron chi connectivity index (χ1n) is 10.2. The van der Waals surface area contributed by atoms with Crippen molar-refractivity contribution < 1.29 is 19.1 Å². The van der Waals surface area contributed by atoms with Crippen molar-refractivity contribution >= 4 is 57.5 Å². The Hall–Kier alpha value is -1.51. The molecular formula is C23H24Cl2INO4. The summed E-state index contributed by atoms with van der Waals surface area (Å²) in [7, 11) is 0. The molecule has 8 heteroatoms. The van der Waals surface area contributed by atoms with Gasteiger partial charge in [-0.25, -0.2) is 0 Å². The number of carbonyl (C=O) groups is 2. The van der Waals surface area contributed by atoms with Crippen molar-refractivity contribution in [3.63, 3.8) is 0 Å². The van der Waals surface area contributed by atoms with Crippen LogP contribution in [0.5, 0.6) is 11.5 Å². The molecule has 0 aromatic heterocycles. The summed E-state index contributed by atoms with van der Waals surface area (Å²) in [6.45, 7) is 0.0391. The van der Waals surface area contributed by atoms with Gasteiger partial charge >= 0.3 is 0 Å². The van der Waals surface area contributed by atoms with Gasteiger partial charge in [0.25, 0.3) is 5.91 Å². The molecule has 3 rings (SSSR count). The van der Waals surface area contributed by atoms with E-state index < -0.39 is 0 Å². The van der Waals surface area contributed by atoms with Crippen molar-refractivity contribution in [2.24, 2.45) is 5.92 Å². The van der Waals surface area contributed by atoms with E-state index in [1.807, 2.05) is 0 Å². The van der Waals surface area contributed by atoms with Gasteiger partial charge in [-0.05, 0) is 96.7 Å². The van der Waals surface area contributed by atoms with Crippen molar-refractivity contribution in [2.75, 3.05) is 13.2 Å². The van der Waals surface area contributed by atoms with Gasteiger partial charge in [0.15, 0.2) is 12.4 Å². The maximum atomic E-state index is 12.2. The molecule has 1 amide bonds. The molecule has 31 heavy (non-hydrogen) atoms. The normalized spacial score (nSPS) is 18.3. The van der Waals surface area contributed by atoms with Crippen LogP contribution in [0.25, 0.3) is 0 Å². The van der Waals surface area contributed by atoms with Crippen molar-refractivity contribution in [3.8, 4) is 11.5 Å². The summed E-state index contributed by atoms with van der Waals surface area (Å²) >= 11 is 14.0. The Morgan fingerprint density at radius 1 is 0.935 bits per heavy atom. The average Bonchev–Trinajstić information content (AvgIpc) is 2.75. The molecule has 2 aromatic rings. The lowest BCUT2D eigenvalue weighted by molar-refractivity contribution is -0.125. The van der Waals surface area contributed by atoms with E-state index in [0.29, 0.717) is 33.9 Å². The molecule has 0 aliphatic heterocycles. The molecule has 1 fully saturated rings. The molecule has 0 spiro atoms. The Bertz CT molecular complexity index is 899. The van der Waals surface area contributed by atoms with Gasteiger partial charge in [-0.3, -0.25) is 9.59 Å². The molecule has 1 aliphatic rings. The lowest BCUT2D eigenvalue weighted by atomic mass is 9.83. The lowest BCUT2D eigenvalue weighted by Crippen LogP contribution is -2.40. The van der Waals surface area contributed by atoms with Gasteiger partial charge in [-0.15, -0.1) is 0 Å². The second-order valence-electron chi connectivity index (χ2n) is 7.64. The Kier molecular flexibility index (Phi) is 9.29. The van der Waals surface area contributed by atoms with Gasteiger partial charge in [0.1, 0.15) is 18.1 Å². The molecule has 2 aromatic carbocycles. The summed E-state index contributed by atoms with van der Waals surface area (Å²) in [5.41, 5.74) is 0. The molecule has 0 atom stereocenters. The van der Waals surface area contributed by atoms with E-state index in [9.17, 15) is 9.59 Å². The molecule has 166 valence electrons. The maximum absolute atomic E-state index is 12.2. The third-order valence-corrected chi connectivity index (χ3v) is 7.00. The Balaban J connectivity index is 1.32. The molecule has 0 bridgehead atoms. The number of Topliss-reactive ketones (excluding diaryl/α,β-unsaturated/α-hetero) is 1. The third-order valence-electron chi connectivity index (χ3n) is 5.20. The Morgan fingerprint density at radius 3 is 2.26 bits per heavy atom. The zero-order valence-electron chi connectivity index (χ0n) is 16.9. The minimum absolute atomic E-state index is 0.0296. The van der Waals surface area contributed by atoms with Gasteiger partial charge in [-0.2, -0.15) is 0 Å².